The Kier molecular flexibility index (Phi) is 3.11. The number of likely N-dealkylation sites (tertiary alicyclic amines) is 1. The van der Waals surface area contributed by atoms with Gasteiger partial charge in [-0.15, -0.1) is 0 Å². The molecule has 0 N–H and O–H groups in total. The fourth-order valence-electron chi connectivity index (χ4n) is 1.57. The highest BCUT2D eigenvalue weighted by Gasteiger charge is 2.27. The van der Waals surface area contributed by atoms with E-state index in [1.165, 1.54) is 0 Å². The van der Waals surface area contributed by atoms with E-state index in [9.17, 15) is 4.79 Å². The molecule has 13 heavy (non-hydrogen) atoms. The van der Waals surface area contributed by atoms with Crippen LogP contribution < -0.4 is 0 Å². The van der Waals surface area contributed by atoms with Gasteiger partial charge >= 0.3 is 0 Å². The SMILES string of the molecule is [CH]C#CC(C)(C)N1CCC(=O)CC1. The van der Waals surface area contributed by atoms with Crippen molar-refractivity contribution in [3.8, 4) is 11.8 Å². The topological polar surface area (TPSA) is 20.3 Å². The van der Waals surface area contributed by atoms with Crippen LogP contribution in [0.5, 0.6) is 0 Å². The first-order valence-electron chi connectivity index (χ1n) is 4.56. The van der Waals surface area contributed by atoms with Gasteiger partial charge in [-0.3, -0.25) is 9.69 Å². The van der Waals surface area contributed by atoms with E-state index in [2.05, 4.69) is 16.7 Å². The van der Waals surface area contributed by atoms with Gasteiger partial charge in [0.05, 0.1) is 12.5 Å². The third kappa shape index (κ3) is 2.57. The molecule has 1 rings (SSSR count). The van der Waals surface area contributed by atoms with E-state index in [-0.39, 0.29) is 5.54 Å². The van der Waals surface area contributed by atoms with Gasteiger partial charge in [0.1, 0.15) is 5.78 Å². The lowest BCUT2D eigenvalue weighted by Gasteiger charge is -2.36. The molecule has 0 amide bonds. The summed E-state index contributed by atoms with van der Waals surface area (Å²) in [5.41, 5.74) is -0.199. The molecule has 0 saturated carbocycles. The van der Waals surface area contributed by atoms with Gasteiger partial charge in [-0.05, 0) is 13.8 Å². The Hall–Kier alpha value is -0.810. The average Bonchev–Trinajstić information content (AvgIpc) is 2.05. The molecule has 0 aromatic heterocycles. The van der Waals surface area contributed by atoms with Crippen molar-refractivity contribution in [2.75, 3.05) is 13.1 Å². The molecule has 1 heterocycles. The zero-order chi connectivity index (χ0) is 9.90. The number of hydrogen-bond acceptors (Lipinski definition) is 2. The highest BCUT2D eigenvalue weighted by molar-refractivity contribution is 5.79. The summed E-state index contributed by atoms with van der Waals surface area (Å²) in [6, 6.07) is 0. The van der Waals surface area contributed by atoms with E-state index in [1.807, 2.05) is 13.8 Å². The van der Waals surface area contributed by atoms with Gasteiger partial charge < -0.3 is 0 Å². The molecule has 0 bridgehead atoms. The van der Waals surface area contributed by atoms with E-state index >= 15 is 0 Å². The number of hydrogen-bond donors (Lipinski definition) is 0. The normalized spacial score (nSPS) is 19.5. The Balaban J connectivity index is 2.60. The summed E-state index contributed by atoms with van der Waals surface area (Å²) in [4.78, 5) is 13.2. The Bertz CT molecular complexity index is 247. The van der Waals surface area contributed by atoms with Gasteiger partial charge in [-0.1, -0.05) is 11.8 Å². The standard InChI is InChI=1S/C11H15NO/c1-4-7-11(2,3)12-8-5-10(13)6-9-12/h1H,5-6,8-9H2,2-3H3. The van der Waals surface area contributed by atoms with Crippen molar-refractivity contribution in [1.29, 1.82) is 0 Å². The predicted octanol–water partition coefficient (Wildman–Crippen LogP) is 1.14. The van der Waals surface area contributed by atoms with Crippen molar-refractivity contribution in [3.05, 3.63) is 6.92 Å². The highest BCUT2D eigenvalue weighted by atomic mass is 16.1. The van der Waals surface area contributed by atoms with Gasteiger partial charge in [0.25, 0.3) is 0 Å². The second kappa shape index (κ2) is 3.93. The molecule has 0 spiro atoms. The minimum absolute atomic E-state index is 0.199. The smallest absolute Gasteiger partial charge is 0.135 e. The summed E-state index contributed by atoms with van der Waals surface area (Å²) in [5.74, 6) is 5.74. The second-order valence-electron chi connectivity index (χ2n) is 3.85. The summed E-state index contributed by atoms with van der Waals surface area (Å²) in [7, 11) is 0. The summed E-state index contributed by atoms with van der Waals surface area (Å²) in [6.07, 6.45) is 1.30. The van der Waals surface area contributed by atoms with E-state index < -0.39 is 0 Å². The minimum atomic E-state index is -0.199. The average molecular weight is 177 g/mol. The molecule has 0 aliphatic carbocycles. The van der Waals surface area contributed by atoms with Crippen molar-refractivity contribution in [2.24, 2.45) is 0 Å². The van der Waals surface area contributed by atoms with Crippen LogP contribution in [-0.2, 0) is 4.79 Å². The van der Waals surface area contributed by atoms with Gasteiger partial charge in [-0.25, -0.2) is 0 Å². The van der Waals surface area contributed by atoms with Crippen LogP contribution >= 0.6 is 0 Å². The van der Waals surface area contributed by atoms with Crippen molar-refractivity contribution in [3.63, 3.8) is 0 Å². The van der Waals surface area contributed by atoms with Crippen molar-refractivity contribution in [1.82, 2.24) is 4.90 Å². The van der Waals surface area contributed by atoms with Crippen LogP contribution in [0.15, 0.2) is 0 Å². The lowest BCUT2D eigenvalue weighted by molar-refractivity contribution is -0.122. The molecular weight excluding hydrogens is 162 g/mol. The van der Waals surface area contributed by atoms with E-state index in [0.29, 0.717) is 18.6 Å². The first-order valence-corrected chi connectivity index (χ1v) is 4.56. The van der Waals surface area contributed by atoms with E-state index in [4.69, 9.17) is 6.92 Å². The van der Waals surface area contributed by atoms with Gasteiger partial charge in [-0.2, -0.15) is 0 Å². The molecule has 2 heteroatoms. The fraction of sp³-hybridized carbons (Fsp3) is 0.636. The quantitative estimate of drug-likeness (QED) is 0.560. The number of nitrogens with zero attached hydrogens (tertiary/aromatic N) is 1. The van der Waals surface area contributed by atoms with Crippen LogP contribution in [0.4, 0.5) is 0 Å². The van der Waals surface area contributed by atoms with Crippen molar-refractivity contribution >= 4 is 5.78 Å². The summed E-state index contributed by atoms with van der Waals surface area (Å²) in [6.45, 7) is 10.9. The number of carbonyl (C=O) groups is 1. The van der Waals surface area contributed by atoms with E-state index in [1.54, 1.807) is 0 Å². The molecule has 2 radical (unpaired) electrons. The first kappa shape index (κ1) is 10.3. The number of ketones is 1. The molecule has 1 aliphatic rings. The molecule has 0 aromatic carbocycles. The van der Waals surface area contributed by atoms with Gasteiger partial charge in [0, 0.05) is 25.9 Å². The molecule has 0 unspecified atom stereocenters. The maximum Gasteiger partial charge on any atom is 0.135 e. The Labute approximate surface area is 80.3 Å². The molecule has 2 nitrogen and oxygen atoms in total. The van der Waals surface area contributed by atoms with Crippen molar-refractivity contribution < 1.29 is 4.79 Å². The number of carbonyl (C=O) groups excluding carboxylic acids is 1. The van der Waals surface area contributed by atoms with Crippen LogP contribution in [0.2, 0.25) is 0 Å². The Morgan fingerprint density at radius 1 is 1.38 bits per heavy atom. The lowest BCUT2D eigenvalue weighted by atomic mass is 9.99. The number of piperidine rings is 1. The van der Waals surface area contributed by atoms with E-state index in [0.717, 1.165) is 13.1 Å². The van der Waals surface area contributed by atoms with Crippen LogP contribution in [-0.4, -0.2) is 29.3 Å². The maximum atomic E-state index is 11.0. The maximum absolute atomic E-state index is 11.0. The highest BCUT2D eigenvalue weighted by Crippen LogP contribution is 2.18. The van der Waals surface area contributed by atoms with Gasteiger partial charge in [0.15, 0.2) is 0 Å². The van der Waals surface area contributed by atoms with Crippen molar-refractivity contribution in [2.45, 2.75) is 32.2 Å². The molecule has 70 valence electrons. The first-order chi connectivity index (χ1) is 6.06. The predicted molar refractivity (Wildman–Crippen MR) is 52.0 cm³/mol. The second-order valence-corrected chi connectivity index (χ2v) is 3.85. The van der Waals surface area contributed by atoms with Crippen LogP contribution in [0.25, 0.3) is 0 Å². The molecule has 0 aromatic rings. The largest absolute Gasteiger partial charge is 0.300 e. The third-order valence-electron chi connectivity index (χ3n) is 2.49. The zero-order valence-corrected chi connectivity index (χ0v) is 8.26. The molecule has 1 aliphatic heterocycles. The Morgan fingerprint density at radius 2 is 1.92 bits per heavy atom. The molecule has 1 saturated heterocycles. The van der Waals surface area contributed by atoms with Crippen LogP contribution in [0, 0.1) is 18.8 Å². The molecule has 0 atom stereocenters. The Morgan fingerprint density at radius 3 is 2.38 bits per heavy atom. The summed E-state index contributed by atoms with van der Waals surface area (Å²) >= 11 is 0. The molecule has 1 fully saturated rings. The minimum Gasteiger partial charge on any atom is -0.300 e. The van der Waals surface area contributed by atoms with Gasteiger partial charge in [0.2, 0.25) is 0 Å². The summed E-state index contributed by atoms with van der Waals surface area (Å²) < 4.78 is 0. The monoisotopic (exact) mass is 177 g/mol. The van der Waals surface area contributed by atoms with Crippen LogP contribution in [0.1, 0.15) is 26.7 Å². The zero-order valence-electron chi connectivity index (χ0n) is 8.26. The number of rotatable bonds is 1. The lowest BCUT2D eigenvalue weighted by Crippen LogP contribution is -2.47. The fourth-order valence-corrected chi connectivity index (χ4v) is 1.57. The molecular formula is C11H15NO. The third-order valence-corrected chi connectivity index (χ3v) is 2.49. The summed E-state index contributed by atoms with van der Waals surface area (Å²) in [5, 5.41) is 0. The van der Waals surface area contributed by atoms with Crippen LogP contribution in [0.3, 0.4) is 0 Å². The number of Topliss-reactive ketones (excluding diaryl/α,β-unsaturated/α-hetero) is 1.